The number of hydrogen-bond donors (Lipinski definition) is 1. The fourth-order valence-electron chi connectivity index (χ4n) is 3.43. The lowest BCUT2D eigenvalue weighted by atomic mass is 10.0. The number of aliphatic hydroxyl groups excluding tert-OH is 1. The van der Waals surface area contributed by atoms with E-state index < -0.39 is 6.10 Å². The van der Waals surface area contributed by atoms with E-state index >= 15 is 0 Å². The van der Waals surface area contributed by atoms with Crippen LogP contribution in [0.1, 0.15) is 44.0 Å². The topological polar surface area (TPSA) is 39.6 Å². The van der Waals surface area contributed by atoms with Crippen LogP contribution >= 0.6 is 0 Å². The van der Waals surface area contributed by atoms with E-state index in [1.54, 1.807) is 0 Å². The Kier molecular flexibility index (Phi) is 5.71. The average Bonchev–Trinajstić information content (AvgIpc) is 2.67. The molecule has 2 atom stereocenters. The molecule has 0 spiro atoms. The van der Waals surface area contributed by atoms with E-state index in [0.717, 1.165) is 37.6 Å². The van der Waals surface area contributed by atoms with Gasteiger partial charge in [0.05, 0.1) is 6.10 Å². The highest BCUT2D eigenvalue weighted by atomic mass is 16.3. The van der Waals surface area contributed by atoms with Crippen molar-refractivity contribution in [2.45, 2.75) is 32.9 Å². The summed E-state index contributed by atoms with van der Waals surface area (Å²) < 4.78 is 0. The van der Waals surface area contributed by atoms with Crippen molar-refractivity contribution in [3.63, 3.8) is 0 Å². The van der Waals surface area contributed by atoms with Gasteiger partial charge < -0.3 is 10.0 Å². The predicted molar refractivity (Wildman–Crippen MR) is 103 cm³/mol. The monoisotopic (exact) mass is 339 g/mol. The van der Waals surface area contributed by atoms with Crippen LogP contribution in [0.2, 0.25) is 0 Å². The molecule has 0 amide bonds. The number of nitrogens with zero attached hydrogens (tertiary/aromatic N) is 3. The summed E-state index contributed by atoms with van der Waals surface area (Å²) >= 11 is 0. The fraction of sp³-hybridized carbons (Fsp3) is 0.476. The molecule has 1 aliphatic rings. The molecule has 4 heteroatoms. The molecule has 2 aromatic rings. The van der Waals surface area contributed by atoms with Crippen molar-refractivity contribution in [1.82, 2.24) is 9.88 Å². The fourth-order valence-corrected chi connectivity index (χ4v) is 3.43. The molecular weight excluding hydrogens is 310 g/mol. The first-order valence-electron chi connectivity index (χ1n) is 9.24. The summed E-state index contributed by atoms with van der Waals surface area (Å²) in [6.45, 7) is 10.4. The van der Waals surface area contributed by atoms with Crippen molar-refractivity contribution in [1.29, 1.82) is 0 Å². The Balaban J connectivity index is 1.59. The SMILES string of the molecule is CC(C)C(O)c1ccc(N2CCN(C(C)c3ccccc3)CC2)nc1. The highest BCUT2D eigenvalue weighted by Gasteiger charge is 2.23. The highest BCUT2D eigenvalue weighted by molar-refractivity contribution is 5.40. The van der Waals surface area contributed by atoms with Crippen LogP contribution < -0.4 is 4.90 Å². The first-order valence-corrected chi connectivity index (χ1v) is 9.24. The lowest BCUT2D eigenvalue weighted by Gasteiger charge is -2.38. The van der Waals surface area contributed by atoms with Gasteiger partial charge in [-0.3, -0.25) is 4.90 Å². The molecule has 1 aromatic heterocycles. The summed E-state index contributed by atoms with van der Waals surface area (Å²) in [6, 6.07) is 15.2. The van der Waals surface area contributed by atoms with Crippen LogP contribution in [-0.2, 0) is 0 Å². The van der Waals surface area contributed by atoms with Crippen molar-refractivity contribution in [2.75, 3.05) is 31.1 Å². The summed E-state index contributed by atoms with van der Waals surface area (Å²) in [5.74, 6) is 1.21. The Morgan fingerprint density at radius 3 is 2.12 bits per heavy atom. The summed E-state index contributed by atoms with van der Waals surface area (Å²) in [5.41, 5.74) is 2.27. The third kappa shape index (κ3) is 4.20. The van der Waals surface area contributed by atoms with Crippen LogP contribution in [0.15, 0.2) is 48.7 Å². The lowest BCUT2D eigenvalue weighted by molar-refractivity contribution is 0.126. The normalized spacial score (nSPS) is 18.4. The molecule has 0 aliphatic carbocycles. The predicted octanol–water partition coefficient (Wildman–Crippen LogP) is 3.65. The van der Waals surface area contributed by atoms with Crippen LogP contribution in [0.5, 0.6) is 0 Å². The number of aliphatic hydroxyl groups is 1. The quantitative estimate of drug-likeness (QED) is 0.902. The average molecular weight is 339 g/mol. The smallest absolute Gasteiger partial charge is 0.128 e. The van der Waals surface area contributed by atoms with Crippen LogP contribution in [0, 0.1) is 5.92 Å². The minimum absolute atomic E-state index is 0.204. The molecule has 4 nitrogen and oxygen atoms in total. The largest absolute Gasteiger partial charge is 0.388 e. The molecule has 1 aliphatic heterocycles. The van der Waals surface area contributed by atoms with E-state index in [4.69, 9.17) is 0 Å². The second kappa shape index (κ2) is 7.98. The van der Waals surface area contributed by atoms with Gasteiger partial charge in [-0.25, -0.2) is 4.98 Å². The molecule has 1 aromatic carbocycles. The standard InChI is InChI=1S/C21H29N3O/c1-16(2)21(25)19-9-10-20(22-15-19)24-13-11-23(12-14-24)17(3)18-7-5-4-6-8-18/h4-10,15-17,21,25H,11-14H2,1-3H3. The zero-order valence-corrected chi connectivity index (χ0v) is 15.5. The minimum Gasteiger partial charge on any atom is -0.388 e. The van der Waals surface area contributed by atoms with Gasteiger partial charge >= 0.3 is 0 Å². The van der Waals surface area contributed by atoms with Gasteiger partial charge in [0.15, 0.2) is 0 Å². The van der Waals surface area contributed by atoms with Crippen molar-refractivity contribution in [3.05, 3.63) is 59.8 Å². The lowest BCUT2D eigenvalue weighted by Crippen LogP contribution is -2.47. The number of pyridine rings is 1. The third-order valence-corrected chi connectivity index (χ3v) is 5.21. The van der Waals surface area contributed by atoms with Gasteiger partial charge in [0.25, 0.3) is 0 Å². The molecule has 134 valence electrons. The number of aromatic nitrogens is 1. The van der Waals surface area contributed by atoms with Crippen LogP contribution in [0.25, 0.3) is 0 Å². The van der Waals surface area contributed by atoms with E-state index in [0.29, 0.717) is 6.04 Å². The second-order valence-electron chi connectivity index (χ2n) is 7.25. The number of hydrogen-bond acceptors (Lipinski definition) is 4. The van der Waals surface area contributed by atoms with Gasteiger partial charge in [-0.1, -0.05) is 50.2 Å². The van der Waals surface area contributed by atoms with E-state index in [1.807, 2.05) is 32.2 Å². The molecule has 3 rings (SSSR count). The van der Waals surface area contributed by atoms with Crippen LogP contribution in [0.3, 0.4) is 0 Å². The highest BCUT2D eigenvalue weighted by Crippen LogP contribution is 2.25. The van der Waals surface area contributed by atoms with Crippen molar-refractivity contribution in [2.24, 2.45) is 5.92 Å². The van der Waals surface area contributed by atoms with Gasteiger partial charge in [0, 0.05) is 38.4 Å². The molecule has 25 heavy (non-hydrogen) atoms. The third-order valence-electron chi connectivity index (χ3n) is 5.21. The van der Waals surface area contributed by atoms with Crippen molar-refractivity contribution in [3.8, 4) is 0 Å². The molecule has 1 N–H and O–H groups in total. The maximum absolute atomic E-state index is 10.1. The van der Waals surface area contributed by atoms with Gasteiger partial charge in [-0.2, -0.15) is 0 Å². The molecule has 0 radical (unpaired) electrons. The van der Waals surface area contributed by atoms with E-state index in [2.05, 4.69) is 52.0 Å². The molecule has 1 fully saturated rings. The van der Waals surface area contributed by atoms with Crippen LogP contribution in [0.4, 0.5) is 5.82 Å². The van der Waals surface area contributed by atoms with Crippen molar-refractivity contribution >= 4 is 5.82 Å². The molecule has 2 heterocycles. The number of benzene rings is 1. The molecule has 1 saturated heterocycles. The number of rotatable bonds is 5. The Morgan fingerprint density at radius 2 is 1.56 bits per heavy atom. The number of piperazine rings is 1. The van der Waals surface area contributed by atoms with Crippen molar-refractivity contribution < 1.29 is 5.11 Å². The van der Waals surface area contributed by atoms with Gasteiger partial charge in [0.2, 0.25) is 0 Å². The van der Waals surface area contributed by atoms with Gasteiger partial charge in [0.1, 0.15) is 5.82 Å². The Morgan fingerprint density at radius 1 is 0.880 bits per heavy atom. The maximum Gasteiger partial charge on any atom is 0.128 e. The molecule has 0 bridgehead atoms. The van der Waals surface area contributed by atoms with Gasteiger partial charge in [-0.15, -0.1) is 0 Å². The van der Waals surface area contributed by atoms with E-state index in [-0.39, 0.29) is 5.92 Å². The zero-order valence-electron chi connectivity index (χ0n) is 15.5. The maximum atomic E-state index is 10.1. The van der Waals surface area contributed by atoms with Gasteiger partial charge in [-0.05, 0) is 30.0 Å². The second-order valence-corrected chi connectivity index (χ2v) is 7.25. The Labute approximate surface area is 151 Å². The zero-order chi connectivity index (χ0) is 17.8. The molecule has 0 saturated carbocycles. The Bertz CT molecular complexity index is 649. The summed E-state index contributed by atoms with van der Waals surface area (Å²) in [4.78, 5) is 9.44. The minimum atomic E-state index is -0.440. The van der Waals surface area contributed by atoms with E-state index in [9.17, 15) is 5.11 Å². The first-order chi connectivity index (χ1) is 12.1. The first kappa shape index (κ1) is 17.9. The molecular formula is C21H29N3O. The van der Waals surface area contributed by atoms with Crippen LogP contribution in [-0.4, -0.2) is 41.2 Å². The summed E-state index contributed by atoms with van der Waals surface area (Å²) in [7, 11) is 0. The summed E-state index contributed by atoms with van der Waals surface area (Å²) in [5, 5.41) is 10.1. The summed E-state index contributed by atoms with van der Waals surface area (Å²) in [6.07, 6.45) is 1.38. The number of anilines is 1. The molecule has 2 unspecified atom stereocenters. The Hall–Kier alpha value is -1.91. The van der Waals surface area contributed by atoms with E-state index in [1.165, 1.54) is 5.56 Å².